The van der Waals surface area contributed by atoms with Crippen molar-refractivity contribution in [2.45, 2.75) is 31.1 Å². The normalized spacial score (nSPS) is 15.9. The first-order valence-electron chi connectivity index (χ1n) is 8.23. The van der Waals surface area contributed by atoms with E-state index in [0.29, 0.717) is 18.1 Å². The number of hydrogen-bond donors (Lipinski definition) is 1. The van der Waals surface area contributed by atoms with Crippen molar-refractivity contribution in [2.75, 3.05) is 20.8 Å². The Hall–Kier alpha value is -2.43. The van der Waals surface area contributed by atoms with Crippen LogP contribution >= 0.6 is 0 Å². The molecule has 1 aromatic heterocycles. The van der Waals surface area contributed by atoms with Crippen LogP contribution in [0.25, 0.3) is 0 Å². The van der Waals surface area contributed by atoms with Crippen molar-refractivity contribution in [3.8, 4) is 11.5 Å². The summed E-state index contributed by atoms with van der Waals surface area (Å²) in [6.07, 6.45) is 5.91. The van der Waals surface area contributed by atoms with Crippen LogP contribution in [0.2, 0.25) is 0 Å². The summed E-state index contributed by atoms with van der Waals surface area (Å²) in [5.41, 5.74) is 1.11. The van der Waals surface area contributed by atoms with Gasteiger partial charge in [-0.3, -0.25) is 4.79 Å². The first kappa shape index (κ1) is 16.4. The predicted molar refractivity (Wildman–Crippen MR) is 90.7 cm³/mol. The minimum atomic E-state index is -0.174. The Balaban J connectivity index is 1.82. The van der Waals surface area contributed by atoms with Crippen molar-refractivity contribution >= 4 is 5.91 Å². The minimum absolute atomic E-state index is 0.0677. The van der Waals surface area contributed by atoms with E-state index < -0.39 is 0 Å². The van der Waals surface area contributed by atoms with Crippen LogP contribution in [0.5, 0.6) is 11.5 Å². The molecule has 5 heteroatoms. The second-order valence-electron chi connectivity index (χ2n) is 6.22. The number of methoxy groups -OCH3 is 2. The monoisotopic (exact) mass is 329 g/mol. The lowest BCUT2D eigenvalue weighted by Gasteiger charge is -2.30. The molecular formula is C19H23NO4. The van der Waals surface area contributed by atoms with Gasteiger partial charge in [0.1, 0.15) is 0 Å². The zero-order valence-corrected chi connectivity index (χ0v) is 14.1. The summed E-state index contributed by atoms with van der Waals surface area (Å²) >= 11 is 0. The fourth-order valence-electron chi connectivity index (χ4n) is 3.53. The average Bonchev–Trinajstić information content (AvgIpc) is 3.31. The molecule has 1 amide bonds. The van der Waals surface area contributed by atoms with Gasteiger partial charge in [-0.1, -0.05) is 18.9 Å². The smallest absolute Gasteiger partial charge is 0.287 e. The summed E-state index contributed by atoms with van der Waals surface area (Å²) in [6, 6.07) is 9.43. The molecular weight excluding hydrogens is 306 g/mol. The maximum absolute atomic E-state index is 12.2. The Bertz CT molecular complexity index is 687. The van der Waals surface area contributed by atoms with Gasteiger partial charge in [-0.05, 0) is 42.7 Å². The van der Waals surface area contributed by atoms with Crippen LogP contribution in [0.3, 0.4) is 0 Å². The first-order valence-corrected chi connectivity index (χ1v) is 8.23. The van der Waals surface area contributed by atoms with E-state index in [2.05, 4.69) is 11.4 Å². The van der Waals surface area contributed by atoms with Gasteiger partial charge in [-0.15, -0.1) is 0 Å². The van der Waals surface area contributed by atoms with Gasteiger partial charge in [0.2, 0.25) is 0 Å². The third-order valence-electron chi connectivity index (χ3n) is 4.89. The molecule has 1 saturated carbocycles. The van der Waals surface area contributed by atoms with Gasteiger partial charge < -0.3 is 19.2 Å². The lowest BCUT2D eigenvalue weighted by atomic mass is 9.78. The molecule has 24 heavy (non-hydrogen) atoms. The van der Waals surface area contributed by atoms with Gasteiger partial charge in [0.25, 0.3) is 5.91 Å². The van der Waals surface area contributed by atoms with E-state index >= 15 is 0 Å². The predicted octanol–water partition coefficient (Wildman–Crippen LogP) is 3.54. The van der Waals surface area contributed by atoms with Crippen LogP contribution in [-0.4, -0.2) is 26.7 Å². The minimum Gasteiger partial charge on any atom is -0.493 e. The molecule has 1 aromatic carbocycles. The number of nitrogens with one attached hydrogen (secondary N) is 1. The van der Waals surface area contributed by atoms with E-state index in [1.54, 1.807) is 26.4 Å². The molecule has 1 aliphatic rings. The number of rotatable bonds is 6. The average molecular weight is 329 g/mol. The van der Waals surface area contributed by atoms with Gasteiger partial charge in [0.05, 0.1) is 20.5 Å². The number of carbonyl (C=O) groups is 1. The number of carbonyl (C=O) groups excluding carboxylic acids is 1. The molecule has 0 unspecified atom stereocenters. The molecule has 0 saturated heterocycles. The van der Waals surface area contributed by atoms with Crippen molar-refractivity contribution in [1.82, 2.24) is 5.32 Å². The molecule has 2 aromatic rings. The molecule has 128 valence electrons. The third kappa shape index (κ3) is 3.11. The highest BCUT2D eigenvalue weighted by Crippen LogP contribution is 2.43. The second kappa shape index (κ2) is 6.99. The van der Waals surface area contributed by atoms with E-state index in [-0.39, 0.29) is 11.3 Å². The molecule has 3 rings (SSSR count). The second-order valence-corrected chi connectivity index (χ2v) is 6.22. The van der Waals surface area contributed by atoms with Crippen molar-refractivity contribution < 1.29 is 18.7 Å². The number of furan rings is 1. The molecule has 1 heterocycles. The third-order valence-corrected chi connectivity index (χ3v) is 4.89. The number of hydrogen-bond acceptors (Lipinski definition) is 4. The van der Waals surface area contributed by atoms with Crippen LogP contribution in [0, 0.1) is 0 Å². The summed E-state index contributed by atoms with van der Waals surface area (Å²) in [7, 11) is 3.27. The Kier molecular flexibility index (Phi) is 4.79. The fourth-order valence-corrected chi connectivity index (χ4v) is 3.53. The Morgan fingerprint density at radius 1 is 1.17 bits per heavy atom. The van der Waals surface area contributed by atoms with E-state index in [1.165, 1.54) is 11.8 Å². The number of ether oxygens (including phenoxy) is 2. The summed E-state index contributed by atoms with van der Waals surface area (Å²) in [5, 5.41) is 3.03. The lowest BCUT2D eigenvalue weighted by Crippen LogP contribution is -2.39. The molecule has 1 aliphatic carbocycles. The van der Waals surface area contributed by atoms with Gasteiger partial charge in [0.15, 0.2) is 17.3 Å². The molecule has 0 aliphatic heterocycles. The summed E-state index contributed by atoms with van der Waals surface area (Å²) in [5.74, 6) is 1.61. The highest BCUT2D eigenvalue weighted by Gasteiger charge is 2.36. The van der Waals surface area contributed by atoms with Gasteiger partial charge in [-0.25, -0.2) is 0 Å². The Morgan fingerprint density at radius 3 is 2.54 bits per heavy atom. The van der Waals surface area contributed by atoms with E-state index in [0.717, 1.165) is 31.4 Å². The van der Waals surface area contributed by atoms with Crippen molar-refractivity contribution in [2.24, 2.45) is 0 Å². The fraction of sp³-hybridized carbons (Fsp3) is 0.421. The molecule has 0 bridgehead atoms. The molecule has 1 N–H and O–H groups in total. The van der Waals surface area contributed by atoms with Crippen LogP contribution in [0.1, 0.15) is 41.8 Å². The molecule has 0 spiro atoms. The largest absolute Gasteiger partial charge is 0.493 e. The molecule has 5 nitrogen and oxygen atoms in total. The topological polar surface area (TPSA) is 60.7 Å². The van der Waals surface area contributed by atoms with Gasteiger partial charge in [0, 0.05) is 12.0 Å². The first-order chi connectivity index (χ1) is 11.7. The van der Waals surface area contributed by atoms with Crippen molar-refractivity contribution in [3.05, 3.63) is 47.9 Å². The highest BCUT2D eigenvalue weighted by molar-refractivity contribution is 5.91. The van der Waals surface area contributed by atoms with Crippen LogP contribution in [0.4, 0.5) is 0 Å². The van der Waals surface area contributed by atoms with Crippen molar-refractivity contribution in [1.29, 1.82) is 0 Å². The summed E-state index contributed by atoms with van der Waals surface area (Å²) in [4.78, 5) is 12.2. The standard InChI is InChI=1S/C19H23NO4/c1-22-15-8-7-14(12-17(15)23-2)19(9-3-4-10-19)13-20-18(21)16-6-5-11-24-16/h5-8,11-12H,3-4,9-10,13H2,1-2H3,(H,20,21). The van der Waals surface area contributed by atoms with Crippen LogP contribution < -0.4 is 14.8 Å². The Labute approximate surface area is 141 Å². The van der Waals surface area contributed by atoms with Crippen LogP contribution in [0.15, 0.2) is 41.0 Å². The zero-order chi connectivity index (χ0) is 17.0. The molecule has 0 atom stereocenters. The Morgan fingerprint density at radius 2 is 1.92 bits per heavy atom. The van der Waals surface area contributed by atoms with Gasteiger partial charge >= 0.3 is 0 Å². The van der Waals surface area contributed by atoms with E-state index in [1.807, 2.05) is 12.1 Å². The molecule has 0 radical (unpaired) electrons. The number of amides is 1. The maximum Gasteiger partial charge on any atom is 0.287 e. The van der Waals surface area contributed by atoms with Gasteiger partial charge in [-0.2, -0.15) is 0 Å². The quantitative estimate of drug-likeness (QED) is 0.880. The lowest BCUT2D eigenvalue weighted by molar-refractivity contribution is 0.0915. The zero-order valence-electron chi connectivity index (χ0n) is 14.1. The summed E-state index contributed by atoms with van der Waals surface area (Å²) in [6.45, 7) is 0.585. The highest BCUT2D eigenvalue weighted by atomic mass is 16.5. The molecule has 1 fully saturated rings. The van der Waals surface area contributed by atoms with Crippen LogP contribution in [-0.2, 0) is 5.41 Å². The van der Waals surface area contributed by atoms with E-state index in [4.69, 9.17) is 13.9 Å². The van der Waals surface area contributed by atoms with Crippen molar-refractivity contribution in [3.63, 3.8) is 0 Å². The maximum atomic E-state index is 12.2. The summed E-state index contributed by atoms with van der Waals surface area (Å²) < 4.78 is 15.9. The SMILES string of the molecule is COc1ccc(C2(CNC(=O)c3ccco3)CCCC2)cc1OC. The van der Waals surface area contributed by atoms with E-state index in [9.17, 15) is 4.79 Å². The number of benzene rings is 1.